The van der Waals surface area contributed by atoms with Gasteiger partial charge in [0.05, 0.1) is 12.8 Å². The van der Waals surface area contributed by atoms with Crippen molar-refractivity contribution in [3.05, 3.63) is 88.4 Å². The zero-order valence-electron chi connectivity index (χ0n) is 15.2. The van der Waals surface area contributed by atoms with Gasteiger partial charge in [-0.15, -0.1) is 0 Å². The highest BCUT2D eigenvalue weighted by Crippen LogP contribution is 2.31. The van der Waals surface area contributed by atoms with E-state index in [2.05, 4.69) is 5.32 Å². The van der Waals surface area contributed by atoms with E-state index in [-0.39, 0.29) is 5.91 Å². The van der Waals surface area contributed by atoms with E-state index in [0.29, 0.717) is 34.4 Å². The molecule has 0 atom stereocenters. The maximum Gasteiger partial charge on any atom is 0.255 e. The number of halogens is 1. The molecule has 3 aromatic rings. The van der Waals surface area contributed by atoms with Crippen molar-refractivity contribution in [2.24, 2.45) is 0 Å². The third-order valence-corrected chi connectivity index (χ3v) is 4.50. The summed E-state index contributed by atoms with van der Waals surface area (Å²) >= 11 is 6.10. The number of nitrogens with one attached hydrogen (secondary N) is 1. The summed E-state index contributed by atoms with van der Waals surface area (Å²) in [5, 5.41) is 3.45. The van der Waals surface area contributed by atoms with Gasteiger partial charge >= 0.3 is 0 Å². The Morgan fingerprint density at radius 1 is 1.04 bits per heavy atom. The number of ether oxygens (including phenoxy) is 2. The lowest BCUT2D eigenvalue weighted by atomic mass is 10.1. The van der Waals surface area contributed by atoms with Crippen molar-refractivity contribution in [2.75, 3.05) is 12.4 Å². The van der Waals surface area contributed by atoms with Crippen molar-refractivity contribution in [1.29, 1.82) is 0 Å². The molecule has 1 N–H and O–H groups in total. The third-order valence-electron chi connectivity index (χ3n) is 4.09. The Morgan fingerprint density at radius 3 is 2.41 bits per heavy atom. The minimum Gasteiger partial charge on any atom is -0.495 e. The lowest BCUT2D eigenvalue weighted by Gasteiger charge is -2.12. The number of rotatable bonds is 6. The fraction of sp³-hybridized carbons (Fsp3) is 0.136. The molecule has 0 spiro atoms. The molecule has 0 heterocycles. The number of carbonyl (C=O) groups excluding carboxylic acids is 1. The van der Waals surface area contributed by atoms with Crippen molar-refractivity contribution in [2.45, 2.75) is 13.5 Å². The van der Waals surface area contributed by atoms with E-state index < -0.39 is 0 Å². The van der Waals surface area contributed by atoms with Crippen molar-refractivity contribution in [3.8, 4) is 11.5 Å². The van der Waals surface area contributed by atoms with Crippen LogP contribution in [0.15, 0.2) is 66.7 Å². The molecule has 3 aromatic carbocycles. The summed E-state index contributed by atoms with van der Waals surface area (Å²) in [5.41, 5.74) is 3.05. The summed E-state index contributed by atoms with van der Waals surface area (Å²) in [6.07, 6.45) is 0. The van der Waals surface area contributed by atoms with Crippen LogP contribution in [0, 0.1) is 6.92 Å². The first-order valence-corrected chi connectivity index (χ1v) is 8.87. The van der Waals surface area contributed by atoms with Gasteiger partial charge in [-0.1, -0.05) is 41.9 Å². The SMILES string of the molecule is COc1cc(Cl)c(C)cc1NC(=O)c1ccc(OCc2ccccc2)cc1. The molecule has 0 bridgehead atoms. The third kappa shape index (κ3) is 4.80. The second kappa shape index (κ2) is 8.60. The van der Waals surface area contributed by atoms with E-state index in [9.17, 15) is 4.79 Å². The predicted molar refractivity (Wildman–Crippen MR) is 108 cm³/mol. The van der Waals surface area contributed by atoms with Gasteiger partial charge in [-0.05, 0) is 48.4 Å². The predicted octanol–water partition coefficient (Wildman–Crippen LogP) is 5.49. The van der Waals surface area contributed by atoms with E-state index in [1.165, 1.54) is 7.11 Å². The molecular weight excluding hydrogens is 362 g/mol. The zero-order valence-corrected chi connectivity index (χ0v) is 15.9. The zero-order chi connectivity index (χ0) is 19.2. The van der Waals surface area contributed by atoms with Crippen molar-refractivity contribution >= 4 is 23.2 Å². The van der Waals surface area contributed by atoms with Crippen LogP contribution >= 0.6 is 11.6 Å². The van der Waals surface area contributed by atoms with Gasteiger partial charge in [-0.25, -0.2) is 0 Å². The van der Waals surface area contributed by atoms with Gasteiger partial charge in [0.15, 0.2) is 0 Å². The number of hydrogen-bond acceptors (Lipinski definition) is 3. The van der Waals surface area contributed by atoms with E-state index in [1.807, 2.05) is 37.3 Å². The number of hydrogen-bond donors (Lipinski definition) is 1. The average molecular weight is 382 g/mol. The van der Waals surface area contributed by atoms with Crippen molar-refractivity contribution in [3.63, 3.8) is 0 Å². The highest BCUT2D eigenvalue weighted by Gasteiger charge is 2.12. The van der Waals surface area contributed by atoms with E-state index in [1.54, 1.807) is 36.4 Å². The van der Waals surface area contributed by atoms with Crippen molar-refractivity contribution < 1.29 is 14.3 Å². The van der Waals surface area contributed by atoms with E-state index in [0.717, 1.165) is 11.1 Å². The number of methoxy groups -OCH3 is 1. The highest BCUT2D eigenvalue weighted by atomic mass is 35.5. The van der Waals surface area contributed by atoms with E-state index >= 15 is 0 Å². The van der Waals surface area contributed by atoms with Crippen LogP contribution in [0.2, 0.25) is 5.02 Å². The summed E-state index contributed by atoms with van der Waals surface area (Å²) in [6, 6.07) is 20.4. The molecule has 0 radical (unpaired) electrons. The first-order chi connectivity index (χ1) is 13.1. The number of anilines is 1. The first-order valence-electron chi connectivity index (χ1n) is 8.49. The van der Waals surface area contributed by atoms with Crippen LogP contribution in [0.3, 0.4) is 0 Å². The van der Waals surface area contributed by atoms with Gasteiger partial charge in [-0.2, -0.15) is 0 Å². The molecule has 0 aliphatic heterocycles. The number of benzene rings is 3. The van der Waals surface area contributed by atoms with Crippen molar-refractivity contribution in [1.82, 2.24) is 0 Å². The number of aryl methyl sites for hydroxylation is 1. The molecule has 0 fully saturated rings. The lowest BCUT2D eigenvalue weighted by molar-refractivity contribution is 0.102. The molecule has 3 rings (SSSR count). The minimum atomic E-state index is -0.232. The van der Waals surface area contributed by atoms with Gasteiger partial charge in [0.25, 0.3) is 5.91 Å². The summed E-state index contributed by atoms with van der Waals surface area (Å²) in [6.45, 7) is 2.35. The van der Waals surface area contributed by atoms with Crippen LogP contribution in [0.5, 0.6) is 11.5 Å². The Bertz CT molecular complexity index is 924. The molecule has 0 saturated heterocycles. The monoisotopic (exact) mass is 381 g/mol. The van der Waals surface area contributed by atoms with Crippen LogP contribution in [0.1, 0.15) is 21.5 Å². The maximum absolute atomic E-state index is 12.5. The molecule has 0 saturated carbocycles. The van der Waals surface area contributed by atoms with Gasteiger partial charge in [0, 0.05) is 16.7 Å². The molecule has 27 heavy (non-hydrogen) atoms. The summed E-state index contributed by atoms with van der Waals surface area (Å²) < 4.78 is 11.0. The standard InChI is InChI=1S/C22H20ClNO3/c1-15-12-20(21(26-2)13-19(15)23)24-22(25)17-8-10-18(11-9-17)27-14-16-6-4-3-5-7-16/h3-13H,14H2,1-2H3,(H,24,25). The topological polar surface area (TPSA) is 47.6 Å². The number of amides is 1. The average Bonchev–Trinajstić information content (AvgIpc) is 2.70. The van der Waals surface area contributed by atoms with Crippen LogP contribution in [-0.4, -0.2) is 13.0 Å². The second-order valence-corrected chi connectivity index (χ2v) is 6.46. The minimum absolute atomic E-state index is 0.232. The normalized spacial score (nSPS) is 10.3. The molecule has 0 aliphatic rings. The smallest absolute Gasteiger partial charge is 0.255 e. The van der Waals surface area contributed by atoms with Crippen LogP contribution < -0.4 is 14.8 Å². The molecule has 4 nitrogen and oxygen atoms in total. The quantitative estimate of drug-likeness (QED) is 0.614. The fourth-order valence-electron chi connectivity index (χ4n) is 2.57. The Labute approximate surface area is 163 Å². The van der Waals surface area contributed by atoms with Crippen LogP contribution in [0.25, 0.3) is 0 Å². The second-order valence-electron chi connectivity index (χ2n) is 6.05. The number of carbonyl (C=O) groups is 1. The van der Waals surface area contributed by atoms with Gasteiger partial charge < -0.3 is 14.8 Å². The molecule has 0 aromatic heterocycles. The largest absolute Gasteiger partial charge is 0.495 e. The van der Waals surface area contributed by atoms with Gasteiger partial charge in [0.2, 0.25) is 0 Å². The first kappa shape index (κ1) is 18.8. The Balaban J connectivity index is 1.66. The fourth-order valence-corrected chi connectivity index (χ4v) is 2.72. The molecule has 0 aliphatic carbocycles. The van der Waals surface area contributed by atoms with Gasteiger partial charge in [-0.3, -0.25) is 4.79 Å². The molecular formula is C22H20ClNO3. The molecule has 5 heteroatoms. The molecule has 0 unspecified atom stereocenters. The Morgan fingerprint density at radius 2 is 1.74 bits per heavy atom. The highest BCUT2D eigenvalue weighted by molar-refractivity contribution is 6.31. The lowest BCUT2D eigenvalue weighted by Crippen LogP contribution is -2.12. The van der Waals surface area contributed by atoms with Crippen LogP contribution in [0.4, 0.5) is 5.69 Å². The maximum atomic E-state index is 12.5. The molecule has 1 amide bonds. The Kier molecular flexibility index (Phi) is 5.99. The Hall–Kier alpha value is -2.98. The van der Waals surface area contributed by atoms with E-state index in [4.69, 9.17) is 21.1 Å². The summed E-state index contributed by atoms with van der Waals surface area (Å²) in [7, 11) is 1.54. The summed E-state index contributed by atoms with van der Waals surface area (Å²) in [4.78, 5) is 12.5. The summed E-state index contributed by atoms with van der Waals surface area (Å²) in [5.74, 6) is 0.988. The molecule has 138 valence electrons. The van der Waals surface area contributed by atoms with Crippen LogP contribution in [-0.2, 0) is 6.61 Å². The van der Waals surface area contributed by atoms with Gasteiger partial charge in [0.1, 0.15) is 18.1 Å².